The van der Waals surface area contributed by atoms with Crippen LogP contribution in [0.1, 0.15) is 90.7 Å². The second-order valence-electron chi connectivity index (χ2n) is 14.3. The van der Waals surface area contributed by atoms with Gasteiger partial charge in [-0.1, -0.05) is 82.7 Å². The quantitative estimate of drug-likeness (QED) is 0.0438. The molecule has 10 heteroatoms. The second-order valence-corrected chi connectivity index (χ2v) is 30.0. The Morgan fingerprint density at radius 3 is 1.48 bits per heavy atom. The molecule has 0 saturated heterocycles. The molecule has 0 aliphatic heterocycles. The maximum absolute atomic E-state index is 11.8. The minimum Gasteiger partial charge on any atom is -0.468 e. The average Bonchev–Trinajstić information content (AvgIpc) is 3.18. The van der Waals surface area contributed by atoms with E-state index in [0.717, 1.165) is 11.1 Å². The van der Waals surface area contributed by atoms with Crippen LogP contribution in [0.25, 0.3) is 0 Å². The second kappa shape index (κ2) is 30.2. The maximum Gasteiger partial charge on any atom is 0.325 e. The van der Waals surface area contributed by atoms with E-state index in [2.05, 4.69) is 60.7 Å². The molecule has 0 amide bonds. The first-order chi connectivity index (χ1) is 25.8. The molecule has 8 nitrogen and oxygen atoms in total. The van der Waals surface area contributed by atoms with Gasteiger partial charge >= 0.3 is 120 Å². The molecule has 2 aromatic carbocycles. The number of aliphatic hydroxyl groups is 2. The normalized spacial score (nSPS) is 14.3. The number of ether oxygens (including phenoxy) is 4. The van der Waals surface area contributed by atoms with E-state index in [1.807, 2.05) is 60.7 Å². The number of carbonyl (C=O) groups is 2. The van der Waals surface area contributed by atoms with E-state index in [0.29, 0.717) is 19.6 Å². The molecule has 1 unspecified atom stereocenters. The van der Waals surface area contributed by atoms with Gasteiger partial charge in [-0.25, -0.2) is 0 Å². The van der Waals surface area contributed by atoms with Gasteiger partial charge in [-0.15, -0.1) is 6.58 Å². The zero-order chi connectivity index (χ0) is 40.9. The number of halogens is 1. The van der Waals surface area contributed by atoms with Crippen molar-refractivity contribution in [2.24, 2.45) is 5.41 Å². The van der Waals surface area contributed by atoms with Crippen LogP contribution in [0.3, 0.4) is 0 Å². The first-order valence-electron chi connectivity index (χ1n) is 19.4. The molecule has 0 aliphatic carbocycles. The van der Waals surface area contributed by atoms with Crippen molar-refractivity contribution in [2.45, 2.75) is 127 Å². The summed E-state index contributed by atoms with van der Waals surface area (Å²) in [6.45, 7) is 18.7. The summed E-state index contributed by atoms with van der Waals surface area (Å²) in [6, 6.07) is 19.3. The molecule has 0 bridgehead atoms. The number of hydrogen-bond acceptors (Lipinski definition) is 8. The zero-order valence-corrected chi connectivity index (χ0v) is 38.8. The van der Waals surface area contributed by atoms with Gasteiger partial charge in [-0.3, -0.25) is 9.59 Å². The molecular weight excluding hydrogens is 855 g/mol. The predicted octanol–water partition coefficient (Wildman–Crippen LogP) is 10.2. The van der Waals surface area contributed by atoms with Crippen molar-refractivity contribution >= 4 is 46.2 Å². The van der Waals surface area contributed by atoms with Gasteiger partial charge in [0.25, 0.3) is 0 Å². The summed E-state index contributed by atoms with van der Waals surface area (Å²) in [6.07, 6.45) is 10.8. The van der Waals surface area contributed by atoms with Gasteiger partial charge in [0, 0.05) is 0 Å². The topological polar surface area (TPSA) is 112 Å². The van der Waals surface area contributed by atoms with Crippen molar-refractivity contribution in [1.82, 2.24) is 0 Å². The van der Waals surface area contributed by atoms with Crippen LogP contribution in [0.5, 0.6) is 0 Å². The number of allylic oxidation sites excluding steroid dienone is 2. The van der Waals surface area contributed by atoms with E-state index < -0.39 is 52.3 Å². The molecular formula is C44H71BrO8Sn. The van der Waals surface area contributed by atoms with E-state index in [1.54, 1.807) is 33.2 Å². The van der Waals surface area contributed by atoms with E-state index in [4.69, 9.17) is 14.2 Å². The van der Waals surface area contributed by atoms with Crippen molar-refractivity contribution in [2.75, 3.05) is 27.4 Å². The van der Waals surface area contributed by atoms with Gasteiger partial charge in [0.15, 0.2) is 0 Å². The Morgan fingerprint density at radius 1 is 0.722 bits per heavy atom. The van der Waals surface area contributed by atoms with Crippen LogP contribution in [-0.4, -0.2) is 84.5 Å². The fraction of sp³-hybridized carbons (Fsp3) is 0.591. The van der Waals surface area contributed by atoms with Crippen molar-refractivity contribution in [3.8, 4) is 0 Å². The van der Waals surface area contributed by atoms with Crippen LogP contribution in [0.4, 0.5) is 0 Å². The van der Waals surface area contributed by atoms with Gasteiger partial charge in [0.05, 0.1) is 52.2 Å². The van der Waals surface area contributed by atoms with E-state index in [1.165, 1.54) is 57.2 Å². The maximum atomic E-state index is 11.8. The number of methoxy groups -OCH3 is 2. The SMILES string of the molecule is C=CC[C@@](C)(C(=O)OC)[C@H](O)COCc1ccccc1.C=C[CH2][Sn]([CH2]CCC)([CH2]CCC)[CH2]CCC.COC(=O)C(C)(Br)[C@H](O)COCc1ccccc1. The summed E-state index contributed by atoms with van der Waals surface area (Å²) in [5.41, 5.74) is 0.995. The number of alkyl halides is 1. The Kier molecular flexibility index (Phi) is 29.0. The molecule has 0 radical (unpaired) electrons. The molecule has 0 saturated carbocycles. The molecule has 306 valence electrons. The number of rotatable bonds is 25. The first-order valence-corrected chi connectivity index (χ1v) is 28.3. The van der Waals surface area contributed by atoms with Crippen molar-refractivity contribution in [3.05, 3.63) is 97.1 Å². The number of benzene rings is 2. The predicted molar refractivity (Wildman–Crippen MR) is 228 cm³/mol. The number of aliphatic hydroxyl groups excluding tert-OH is 2. The Hall–Kier alpha value is -2.02. The van der Waals surface area contributed by atoms with Gasteiger partial charge in [-0.05, 0) is 31.4 Å². The Morgan fingerprint density at radius 2 is 1.13 bits per heavy atom. The third-order valence-electron chi connectivity index (χ3n) is 9.70. The molecule has 0 aromatic heterocycles. The number of unbranched alkanes of at least 4 members (excludes halogenated alkanes) is 3. The molecule has 2 N–H and O–H groups in total. The summed E-state index contributed by atoms with van der Waals surface area (Å²) in [4.78, 5) is 23.2. The Bertz CT molecular complexity index is 1250. The van der Waals surface area contributed by atoms with Crippen LogP contribution in [-0.2, 0) is 41.8 Å². The molecule has 4 atom stereocenters. The van der Waals surface area contributed by atoms with Crippen molar-refractivity contribution in [1.29, 1.82) is 0 Å². The molecule has 0 heterocycles. The summed E-state index contributed by atoms with van der Waals surface area (Å²) >= 11 is 1.38. The van der Waals surface area contributed by atoms with Gasteiger partial charge in [-0.2, -0.15) is 0 Å². The Labute approximate surface area is 340 Å². The van der Waals surface area contributed by atoms with Gasteiger partial charge in [0.1, 0.15) is 10.4 Å². The van der Waals surface area contributed by atoms with E-state index in [-0.39, 0.29) is 13.2 Å². The van der Waals surface area contributed by atoms with Crippen LogP contribution in [0, 0.1) is 5.41 Å². The largest absolute Gasteiger partial charge is 0.468 e. The van der Waals surface area contributed by atoms with Crippen molar-refractivity contribution in [3.63, 3.8) is 0 Å². The molecule has 0 fully saturated rings. The van der Waals surface area contributed by atoms with Crippen LogP contribution in [0.15, 0.2) is 86.0 Å². The smallest absolute Gasteiger partial charge is 0.325 e. The van der Waals surface area contributed by atoms with Gasteiger partial charge in [0.2, 0.25) is 0 Å². The molecule has 2 rings (SSSR count). The summed E-state index contributed by atoms with van der Waals surface area (Å²) in [7, 11) is 2.58. The standard InChI is InChI=1S/C16H22O4.C13H17BrO4.3C4H9.C3H5.Sn/c1-4-10-16(2,15(18)19-3)14(17)12-20-11-13-8-6-5-7-9-13;1-13(14,12(16)17-2)11(15)9-18-8-10-6-4-3-5-7-10;3*1-3-4-2;1-3-2;/h4-9,14,17H,1,10-12H2,2-3H3;3-7,11,15H,8-9H2,1-2H3;3*1,3-4H2,2H3;3H,1-2H2;/t14-,16-;11-,13?;;;;;/m11...../s1. The minimum atomic E-state index is -1.78. The third-order valence-corrected chi connectivity index (χ3v) is 26.0. The Balaban J connectivity index is 0.000000786. The average molecular weight is 927 g/mol. The molecule has 0 aliphatic rings. The zero-order valence-electron chi connectivity index (χ0n) is 34.3. The first kappa shape index (κ1) is 52.0. The summed E-state index contributed by atoms with van der Waals surface area (Å²) < 4.78 is 25.4. The molecule has 0 spiro atoms. The van der Waals surface area contributed by atoms with Crippen molar-refractivity contribution < 1.29 is 38.7 Å². The van der Waals surface area contributed by atoms with Crippen LogP contribution < -0.4 is 0 Å². The van der Waals surface area contributed by atoms with Gasteiger partial charge < -0.3 is 29.2 Å². The number of esters is 2. The summed E-state index contributed by atoms with van der Waals surface area (Å²) in [5.74, 6) is -0.994. The minimum absolute atomic E-state index is 0.0474. The van der Waals surface area contributed by atoms with Crippen LogP contribution >= 0.6 is 15.9 Å². The fourth-order valence-electron chi connectivity index (χ4n) is 5.93. The number of carbonyl (C=O) groups excluding carboxylic acids is 2. The monoisotopic (exact) mass is 926 g/mol. The number of hydrogen-bond donors (Lipinski definition) is 2. The third kappa shape index (κ3) is 20.2. The van der Waals surface area contributed by atoms with E-state index in [9.17, 15) is 19.8 Å². The molecule has 54 heavy (non-hydrogen) atoms. The van der Waals surface area contributed by atoms with E-state index >= 15 is 0 Å². The molecule has 2 aromatic rings. The fourth-order valence-corrected chi connectivity index (χ4v) is 21.3. The van der Waals surface area contributed by atoms with Crippen LogP contribution in [0.2, 0.25) is 17.7 Å². The summed E-state index contributed by atoms with van der Waals surface area (Å²) in [5, 5.41) is 20.1.